The molecule has 0 unspecified atom stereocenters. The molecule has 0 aromatic carbocycles. The van der Waals surface area contributed by atoms with Crippen molar-refractivity contribution >= 4 is 12.1 Å². The minimum atomic E-state index is -0.958. The van der Waals surface area contributed by atoms with Crippen LogP contribution in [-0.4, -0.2) is 41.3 Å². The number of carbonyl (C=O) groups is 2. The second-order valence-corrected chi connectivity index (χ2v) is 4.86. The highest BCUT2D eigenvalue weighted by Crippen LogP contribution is 2.34. The Morgan fingerprint density at radius 3 is 2.62 bits per heavy atom. The minimum Gasteiger partial charge on any atom is -0.480 e. The SMILES string of the molecule is CCOC(=O)N1CCC(C)(C)C[C@@H]1C(=O)O. The van der Waals surface area contributed by atoms with Crippen LogP contribution in [0.15, 0.2) is 0 Å². The average Bonchev–Trinajstić information content (AvgIpc) is 2.16. The zero-order valence-corrected chi connectivity index (χ0v) is 10.0. The summed E-state index contributed by atoms with van der Waals surface area (Å²) in [6, 6.07) is -0.761. The van der Waals surface area contributed by atoms with Gasteiger partial charge in [-0.2, -0.15) is 0 Å². The maximum atomic E-state index is 11.6. The average molecular weight is 229 g/mol. The molecule has 1 N–H and O–H groups in total. The first kappa shape index (κ1) is 12.8. The summed E-state index contributed by atoms with van der Waals surface area (Å²) in [6.45, 7) is 6.46. The Morgan fingerprint density at radius 2 is 2.12 bits per heavy atom. The van der Waals surface area contributed by atoms with Gasteiger partial charge in [0.1, 0.15) is 6.04 Å². The van der Waals surface area contributed by atoms with E-state index >= 15 is 0 Å². The number of likely N-dealkylation sites (tertiary alicyclic amines) is 1. The number of aliphatic carboxylic acids is 1. The second-order valence-electron chi connectivity index (χ2n) is 4.86. The van der Waals surface area contributed by atoms with E-state index in [1.165, 1.54) is 4.90 Å². The number of rotatable bonds is 2. The standard InChI is InChI=1S/C11H19NO4/c1-4-16-10(15)12-6-5-11(2,3)7-8(12)9(13)14/h8H,4-7H2,1-3H3,(H,13,14)/t8-/m1/s1. The summed E-state index contributed by atoms with van der Waals surface area (Å²) in [7, 11) is 0. The lowest BCUT2D eigenvalue weighted by Gasteiger charge is -2.40. The van der Waals surface area contributed by atoms with E-state index in [0.29, 0.717) is 13.0 Å². The van der Waals surface area contributed by atoms with Crippen molar-refractivity contribution in [1.29, 1.82) is 0 Å². The monoisotopic (exact) mass is 229 g/mol. The molecule has 92 valence electrons. The van der Waals surface area contributed by atoms with Crippen molar-refractivity contribution in [3.8, 4) is 0 Å². The van der Waals surface area contributed by atoms with E-state index in [4.69, 9.17) is 9.84 Å². The molecule has 1 aliphatic heterocycles. The third kappa shape index (κ3) is 2.87. The molecule has 0 aromatic rings. The van der Waals surface area contributed by atoms with Gasteiger partial charge < -0.3 is 9.84 Å². The molecule has 0 aliphatic carbocycles. The first-order valence-electron chi connectivity index (χ1n) is 5.53. The zero-order chi connectivity index (χ0) is 12.3. The third-order valence-electron chi connectivity index (χ3n) is 2.94. The van der Waals surface area contributed by atoms with Crippen LogP contribution in [-0.2, 0) is 9.53 Å². The van der Waals surface area contributed by atoms with Crippen LogP contribution in [0, 0.1) is 5.41 Å². The smallest absolute Gasteiger partial charge is 0.410 e. The first-order valence-corrected chi connectivity index (χ1v) is 5.53. The van der Waals surface area contributed by atoms with Crippen molar-refractivity contribution in [2.75, 3.05) is 13.2 Å². The molecule has 1 rings (SSSR count). The largest absolute Gasteiger partial charge is 0.480 e. The summed E-state index contributed by atoms with van der Waals surface area (Å²) in [6.07, 6.45) is 0.752. The van der Waals surface area contributed by atoms with E-state index in [2.05, 4.69) is 0 Å². The van der Waals surface area contributed by atoms with Crippen molar-refractivity contribution < 1.29 is 19.4 Å². The van der Waals surface area contributed by atoms with Crippen molar-refractivity contribution in [3.63, 3.8) is 0 Å². The highest BCUT2D eigenvalue weighted by atomic mass is 16.6. The molecule has 0 saturated carbocycles. The van der Waals surface area contributed by atoms with Gasteiger partial charge in [-0.15, -0.1) is 0 Å². The van der Waals surface area contributed by atoms with E-state index in [-0.39, 0.29) is 12.0 Å². The summed E-state index contributed by atoms with van der Waals surface area (Å²) in [5.41, 5.74) is -0.0357. The lowest BCUT2D eigenvalue weighted by Crippen LogP contribution is -2.52. The van der Waals surface area contributed by atoms with Crippen LogP contribution in [0.1, 0.15) is 33.6 Å². The fourth-order valence-electron chi connectivity index (χ4n) is 1.96. The van der Waals surface area contributed by atoms with Gasteiger partial charge in [0.15, 0.2) is 0 Å². The van der Waals surface area contributed by atoms with Gasteiger partial charge in [-0.05, 0) is 25.2 Å². The van der Waals surface area contributed by atoms with Gasteiger partial charge in [-0.3, -0.25) is 4.90 Å². The Hall–Kier alpha value is -1.26. The molecule has 0 bridgehead atoms. The van der Waals surface area contributed by atoms with Gasteiger partial charge >= 0.3 is 12.1 Å². The van der Waals surface area contributed by atoms with Crippen LogP contribution < -0.4 is 0 Å². The molecule has 1 saturated heterocycles. The van der Waals surface area contributed by atoms with Crippen LogP contribution in [0.2, 0.25) is 0 Å². The number of hydrogen-bond donors (Lipinski definition) is 1. The van der Waals surface area contributed by atoms with Gasteiger partial charge in [0, 0.05) is 6.54 Å². The van der Waals surface area contributed by atoms with Crippen molar-refractivity contribution in [2.45, 2.75) is 39.7 Å². The topological polar surface area (TPSA) is 66.8 Å². The number of carbonyl (C=O) groups excluding carboxylic acids is 1. The summed E-state index contributed by atoms with van der Waals surface area (Å²) in [5, 5.41) is 9.11. The molecule has 1 aliphatic rings. The van der Waals surface area contributed by atoms with Crippen LogP contribution in [0.5, 0.6) is 0 Å². The van der Waals surface area contributed by atoms with E-state index in [1.807, 2.05) is 13.8 Å². The van der Waals surface area contributed by atoms with Gasteiger partial charge in [0.2, 0.25) is 0 Å². The Kier molecular flexibility index (Phi) is 3.78. The summed E-state index contributed by atoms with van der Waals surface area (Å²) in [4.78, 5) is 24.0. The zero-order valence-electron chi connectivity index (χ0n) is 10.0. The lowest BCUT2D eigenvalue weighted by atomic mass is 9.79. The number of amides is 1. The number of carboxylic acid groups (broad SMARTS) is 1. The van der Waals surface area contributed by atoms with Crippen LogP contribution >= 0.6 is 0 Å². The number of hydrogen-bond acceptors (Lipinski definition) is 3. The van der Waals surface area contributed by atoms with Gasteiger partial charge in [0.25, 0.3) is 0 Å². The highest BCUT2D eigenvalue weighted by Gasteiger charge is 2.40. The molecule has 0 radical (unpaired) electrons. The fourth-order valence-corrected chi connectivity index (χ4v) is 1.96. The minimum absolute atomic E-state index is 0.0357. The highest BCUT2D eigenvalue weighted by molar-refractivity contribution is 5.80. The molecule has 0 aromatic heterocycles. The van der Waals surface area contributed by atoms with Gasteiger partial charge in [-0.1, -0.05) is 13.8 Å². The predicted octanol–water partition coefficient (Wildman–Crippen LogP) is 1.72. The predicted molar refractivity (Wildman–Crippen MR) is 58.2 cm³/mol. The normalized spacial score (nSPS) is 23.9. The molecular weight excluding hydrogens is 210 g/mol. The lowest BCUT2D eigenvalue weighted by molar-refractivity contribution is -0.145. The van der Waals surface area contributed by atoms with Crippen molar-refractivity contribution in [1.82, 2.24) is 4.90 Å². The van der Waals surface area contributed by atoms with Crippen molar-refractivity contribution in [2.24, 2.45) is 5.41 Å². The molecule has 1 atom stereocenters. The van der Waals surface area contributed by atoms with E-state index in [1.54, 1.807) is 6.92 Å². The van der Waals surface area contributed by atoms with Crippen LogP contribution in [0.25, 0.3) is 0 Å². The van der Waals surface area contributed by atoms with Crippen molar-refractivity contribution in [3.05, 3.63) is 0 Å². The summed E-state index contributed by atoms with van der Waals surface area (Å²) >= 11 is 0. The molecule has 1 fully saturated rings. The summed E-state index contributed by atoms with van der Waals surface area (Å²) < 4.78 is 4.85. The quantitative estimate of drug-likeness (QED) is 0.782. The number of piperidine rings is 1. The molecular formula is C11H19NO4. The second kappa shape index (κ2) is 4.72. The molecule has 1 heterocycles. The summed E-state index contributed by atoms with van der Waals surface area (Å²) in [5.74, 6) is -0.958. The Morgan fingerprint density at radius 1 is 1.50 bits per heavy atom. The number of nitrogens with zero attached hydrogens (tertiary/aromatic N) is 1. The number of ether oxygens (including phenoxy) is 1. The van der Waals surface area contributed by atoms with E-state index in [9.17, 15) is 9.59 Å². The van der Waals surface area contributed by atoms with E-state index < -0.39 is 18.1 Å². The fraction of sp³-hybridized carbons (Fsp3) is 0.818. The maximum Gasteiger partial charge on any atom is 0.410 e. The molecule has 16 heavy (non-hydrogen) atoms. The molecule has 0 spiro atoms. The third-order valence-corrected chi connectivity index (χ3v) is 2.94. The van der Waals surface area contributed by atoms with E-state index in [0.717, 1.165) is 6.42 Å². The number of carboxylic acids is 1. The Bertz CT molecular complexity index is 288. The van der Waals surface area contributed by atoms with Gasteiger partial charge in [-0.25, -0.2) is 9.59 Å². The first-order chi connectivity index (χ1) is 7.37. The van der Waals surface area contributed by atoms with Gasteiger partial charge in [0.05, 0.1) is 6.61 Å². The van der Waals surface area contributed by atoms with Crippen LogP contribution in [0.3, 0.4) is 0 Å². The Labute approximate surface area is 95.4 Å². The molecule has 1 amide bonds. The molecule has 5 heteroatoms. The maximum absolute atomic E-state index is 11.6. The van der Waals surface area contributed by atoms with Crippen LogP contribution in [0.4, 0.5) is 4.79 Å². The molecule has 5 nitrogen and oxygen atoms in total. The Balaban J connectivity index is 2.77.